The van der Waals surface area contributed by atoms with Gasteiger partial charge in [-0.3, -0.25) is 4.79 Å². The number of carbonyl (C=O) groups is 1. The summed E-state index contributed by atoms with van der Waals surface area (Å²) < 4.78 is 0. The van der Waals surface area contributed by atoms with Gasteiger partial charge in [0.2, 0.25) is 0 Å². The van der Waals surface area contributed by atoms with Gasteiger partial charge >= 0.3 is 0 Å². The van der Waals surface area contributed by atoms with Crippen LogP contribution in [0.1, 0.15) is 27.7 Å². The van der Waals surface area contributed by atoms with Crippen LogP contribution >= 0.6 is 0 Å². The van der Waals surface area contributed by atoms with Crippen molar-refractivity contribution in [2.24, 2.45) is 0 Å². The molecule has 0 aromatic carbocycles. The molecule has 74 valence electrons. The lowest BCUT2D eigenvalue weighted by Crippen LogP contribution is -2.48. The van der Waals surface area contributed by atoms with Crippen molar-refractivity contribution in [1.82, 2.24) is 10.4 Å². The number of allylic oxidation sites excluding steroid dienone is 1. The topological polar surface area (TPSA) is 52.6 Å². The number of hydrogen-bond donors (Lipinski definition) is 2. The fourth-order valence-electron chi connectivity index (χ4n) is 1.66. The van der Waals surface area contributed by atoms with Crippen molar-refractivity contribution >= 4 is 6.29 Å². The van der Waals surface area contributed by atoms with Crippen molar-refractivity contribution in [3.63, 3.8) is 0 Å². The van der Waals surface area contributed by atoms with E-state index in [-0.39, 0.29) is 0 Å². The van der Waals surface area contributed by atoms with Crippen molar-refractivity contribution in [3.05, 3.63) is 11.8 Å². The molecule has 4 heteroatoms. The lowest BCUT2D eigenvalue weighted by Gasteiger charge is -2.31. The van der Waals surface area contributed by atoms with Gasteiger partial charge in [0.15, 0.2) is 0 Å². The summed E-state index contributed by atoms with van der Waals surface area (Å²) in [4.78, 5) is 10.3. The fourth-order valence-corrected chi connectivity index (χ4v) is 1.66. The van der Waals surface area contributed by atoms with E-state index in [9.17, 15) is 10.0 Å². The summed E-state index contributed by atoms with van der Waals surface area (Å²) >= 11 is 0. The van der Waals surface area contributed by atoms with Crippen LogP contribution in [0.5, 0.6) is 0 Å². The van der Waals surface area contributed by atoms with E-state index in [2.05, 4.69) is 5.32 Å². The Morgan fingerprint density at radius 3 is 2.23 bits per heavy atom. The third kappa shape index (κ3) is 1.47. The molecule has 1 heterocycles. The van der Waals surface area contributed by atoms with Gasteiger partial charge in [-0.25, -0.2) is 0 Å². The molecule has 0 aromatic heterocycles. The van der Waals surface area contributed by atoms with Crippen LogP contribution in [0.15, 0.2) is 11.8 Å². The summed E-state index contributed by atoms with van der Waals surface area (Å²) in [7, 11) is 0. The predicted molar refractivity (Wildman–Crippen MR) is 49.1 cm³/mol. The molecule has 0 aliphatic carbocycles. The Bertz CT molecular complexity index is 256. The first-order valence-corrected chi connectivity index (χ1v) is 4.25. The molecule has 0 atom stereocenters. The highest BCUT2D eigenvalue weighted by Crippen LogP contribution is 2.34. The largest absolute Gasteiger partial charge is 0.367 e. The Hall–Kier alpha value is -0.870. The number of nitrogens with one attached hydrogen (secondary N) is 1. The molecule has 1 rings (SSSR count). The Balaban J connectivity index is 3.07. The summed E-state index contributed by atoms with van der Waals surface area (Å²) in [6.07, 6.45) is 2.16. The van der Waals surface area contributed by atoms with Crippen molar-refractivity contribution in [2.75, 3.05) is 0 Å². The Morgan fingerprint density at radius 1 is 1.38 bits per heavy atom. The van der Waals surface area contributed by atoms with Crippen molar-refractivity contribution < 1.29 is 10.0 Å². The van der Waals surface area contributed by atoms with E-state index in [1.807, 2.05) is 27.7 Å². The molecule has 13 heavy (non-hydrogen) atoms. The van der Waals surface area contributed by atoms with E-state index < -0.39 is 11.2 Å². The third-order valence-corrected chi connectivity index (χ3v) is 2.39. The second kappa shape index (κ2) is 2.82. The average molecular weight is 184 g/mol. The maximum atomic E-state index is 10.3. The number of rotatable bonds is 1. The van der Waals surface area contributed by atoms with Crippen LogP contribution in [0, 0.1) is 0 Å². The van der Waals surface area contributed by atoms with Crippen molar-refractivity contribution in [3.8, 4) is 0 Å². The molecule has 1 aliphatic heterocycles. The highest BCUT2D eigenvalue weighted by molar-refractivity contribution is 5.67. The second-order valence-corrected chi connectivity index (χ2v) is 4.27. The van der Waals surface area contributed by atoms with Gasteiger partial charge in [-0.15, -0.1) is 0 Å². The van der Waals surface area contributed by atoms with Crippen LogP contribution in [-0.2, 0) is 4.79 Å². The van der Waals surface area contributed by atoms with Crippen LogP contribution in [0.2, 0.25) is 0 Å². The average Bonchev–Trinajstić information content (AvgIpc) is 2.14. The number of hydroxylamine groups is 2. The minimum atomic E-state index is -0.537. The molecule has 0 radical (unpaired) electrons. The summed E-state index contributed by atoms with van der Waals surface area (Å²) in [6, 6.07) is 0. The molecule has 1 fully saturated rings. The summed E-state index contributed by atoms with van der Waals surface area (Å²) in [5.74, 6) is 0. The second-order valence-electron chi connectivity index (χ2n) is 4.27. The van der Waals surface area contributed by atoms with Crippen molar-refractivity contribution in [1.29, 1.82) is 0 Å². The van der Waals surface area contributed by atoms with Crippen molar-refractivity contribution in [2.45, 2.75) is 38.9 Å². The molecule has 0 bridgehead atoms. The minimum absolute atomic E-state index is 0.529. The number of carbonyl (C=O) groups excluding carboxylic acids is 1. The summed E-state index contributed by atoms with van der Waals surface area (Å²) in [5, 5.41) is 14.1. The van der Waals surface area contributed by atoms with Gasteiger partial charge in [-0.1, -0.05) is 0 Å². The zero-order chi connectivity index (χ0) is 10.3. The highest BCUT2D eigenvalue weighted by atomic mass is 16.5. The smallest absolute Gasteiger partial charge is 0.144 e. The number of aldehydes is 1. The molecule has 0 saturated carbocycles. The van der Waals surface area contributed by atoms with E-state index in [4.69, 9.17) is 0 Å². The first kappa shape index (κ1) is 10.2. The molecule has 0 amide bonds. The van der Waals surface area contributed by atoms with E-state index in [1.54, 1.807) is 0 Å². The maximum absolute atomic E-state index is 10.3. The monoisotopic (exact) mass is 184 g/mol. The lowest BCUT2D eigenvalue weighted by atomic mass is 10.0. The lowest BCUT2D eigenvalue weighted by molar-refractivity contribution is -0.191. The Labute approximate surface area is 78.2 Å². The molecular formula is C9H16N2O2. The van der Waals surface area contributed by atoms with Gasteiger partial charge in [-0.05, 0) is 33.8 Å². The molecule has 0 unspecified atom stereocenters. The van der Waals surface area contributed by atoms with Crippen LogP contribution < -0.4 is 5.32 Å². The number of nitrogens with zero attached hydrogens (tertiary/aromatic N) is 1. The molecule has 0 aromatic rings. The summed E-state index contributed by atoms with van der Waals surface area (Å²) in [6.45, 7) is 7.40. The number of hydrogen-bond acceptors (Lipinski definition) is 4. The fraction of sp³-hybridized carbons (Fsp3) is 0.667. The van der Waals surface area contributed by atoms with Crippen LogP contribution in [0.4, 0.5) is 0 Å². The van der Waals surface area contributed by atoms with Crippen LogP contribution in [0.3, 0.4) is 0 Å². The first-order valence-electron chi connectivity index (χ1n) is 4.25. The normalized spacial score (nSPS) is 28.8. The third-order valence-electron chi connectivity index (χ3n) is 2.39. The van der Waals surface area contributed by atoms with E-state index in [0.717, 1.165) is 12.0 Å². The zero-order valence-corrected chi connectivity index (χ0v) is 8.46. The summed E-state index contributed by atoms with van der Waals surface area (Å²) in [5.41, 5.74) is -0.335. The molecule has 2 N–H and O–H groups in total. The quantitative estimate of drug-likeness (QED) is 0.469. The van der Waals surface area contributed by atoms with Gasteiger partial charge in [0, 0.05) is 5.70 Å². The van der Waals surface area contributed by atoms with Gasteiger partial charge in [-0.2, -0.15) is 5.06 Å². The van der Waals surface area contributed by atoms with Gasteiger partial charge in [0.05, 0.1) is 5.54 Å². The standard InChI is InChI=1S/C9H16N2O2/c1-8(2)7(5-6-12)10-9(3,4)11(8)13/h5-6,10,13H,1-4H3/b7-5+. The molecule has 1 saturated heterocycles. The van der Waals surface area contributed by atoms with Gasteiger partial charge < -0.3 is 10.5 Å². The Morgan fingerprint density at radius 2 is 1.92 bits per heavy atom. The van der Waals surface area contributed by atoms with Gasteiger partial charge in [0.25, 0.3) is 0 Å². The van der Waals surface area contributed by atoms with E-state index in [1.165, 1.54) is 11.1 Å². The Kier molecular flexibility index (Phi) is 2.21. The molecule has 4 nitrogen and oxygen atoms in total. The first-order chi connectivity index (χ1) is 5.82. The molecular weight excluding hydrogens is 168 g/mol. The molecule has 1 aliphatic rings. The predicted octanol–water partition coefficient (Wildman–Crippen LogP) is 0.878. The van der Waals surface area contributed by atoms with Crippen LogP contribution in [0.25, 0.3) is 0 Å². The van der Waals surface area contributed by atoms with Crippen LogP contribution in [-0.4, -0.2) is 27.8 Å². The van der Waals surface area contributed by atoms with Gasteiger partial charge in [0.1, 0.15) is 11.9 Å². The maximum Gasteiger partial charge on any atom is 0.144 e. The SMILES string of the molecule is CC1(C)N/C(=C/C=O)C(C)(C)N1O. The zero-order valence-electron chi connectivity index (χ0n) is 8.46. The van der Waals surface area contributed by atoms with E-state index in [0.29, 0.717) is 0 Å². The highest BCUT2D eigenvalue weighted by Gasteiger charge is 2.47. The van der Waals surface area contributed by atoms with E-state index >= 15 is 0 Å². The minimum Gasteiger partial charge on any atom is -0.367 e. The molecule has 0 spiro atoms.